The highest BCUT2D eigenvalue weighted by Crippen LogP contribution is 2.61. The van der Waals surface area contributed by atoms with Gasteiger partial charge >= 0.3 is 17.6 Å². The number of thiol groups is 1. The summed E-state index contributed by atoms with van der Waals surface area (Å²) in [6.45, 7) is 0. The molecule has 0 aliphatic rings. The van der Waals surface area contributed by atoms with Gasteiger partial charge in [0.1, 0.15) is 0 Å². The van der Waals surface area contributed by atoms with Gasteiger partial charge < -0.3 is 10.00 Å². The zero-order valence-corrected chi connectivity index (χ0v) is 8.07. The molecule has 5 nitrogen and oxygen atoms in total. The molecule has 0 saturated carbocycles. The van der Waals surface area contributed by atoms with E-state index in [-0.39, 0.29) is 0 Å². The number of aliphatic carboxylic acids is 1. The van der Waals surface area contributed by atoms with E-state index < -0.39 is 17.6 Å². The molecule has 0 aromatic rings. The first-order valence-electron chi connectivity index (χ1n) is 2.03. The Bertz CT molecular complexity index is 217. The molecule has 0 saturated heterocycles. The van der Waals surface area contributed by atoms with Crippen molar-refractivity contribution in [2.45, 2.75) is 4.07 Å². The molecule has 0 spiro atoms. The summed E-state index contributed by atoms with van der Waals surface area (Å²) in [5, 5.41) is 8.20. The molecule has 66 valence electrons. The van der Waals surface area contributed by atoms with E-state index in [9.17, 15) is 9.36 Å². The van der Waals surface area contributed by atoms with Crippen LogP contribution in [0.25, 0.3) is 0 Å². The Morgan fingerprint density at radius 1 is 1.64 bits per heavy atom. The van der Waals surface area contributed by atoms with Crippen LogP contribution in [0.2, 0.25) is 0 Å². The second kappa shape index (κ2) is 3.51. The van der Waals surface area contributed by atoms with Gasteiger partial charge in [0.25, 0.3) is 0 Å². The van der Waals surface area contributed by atoms with Crippen LogP contribution in [0.5, 0.6) is 0 Å². The van der Waals surface area contributed by atoms with Crippen molar-refractivity contribution < 1.29 is 23.3 Å². The van der Waals surface area contributed by atoms with Gasteiger partial charge in [-0.2, -0.15) is 0 Å². The molecule has 0 aliphatic heterocycles. The third-order valence-electron chi connectivity index (χ3n) is 0.723. The zero-order chi connectivity index (χ0) is 9.28. The lowest BCUT2D eigenvalue weighted by molar-refractivity contribution is -0.136. The van der Waals surface area contributed by atoms with Gasteiger partial charge in [-0.1, -0.05) is 23.2 Å². The van der Waals surface area contributed by atoms with E-state index in [0.717, 1.165) is 0 Å². The van der Waals surface area contributed by atoms with Crippen molar-refractivity contribution in [2.75, 3.05) is 0 Å². The van der Waals surface area contributed by atoms with E-state index in [1.54, 1.807) is 0 Å². The Morgan fingerprint density at radius 3 is 2.09 bits per heavy atom. The van der Waals surface area contributed by atoms with Crippen molar-refractivity contribution in [1.82, 2.24) is 0 Å². The smallest absolute Gasteiger partial charge is 0.386 e. The van der Waals surface area contributed by atoms with Crippen LogP contribution in [0.15, 0.2) is 0 Å². The first-order chi connectivity index (χ1) is 4.75. The van der Waals surface area contributed by atoms with Crippen molar-refractivity contribution in [3.05, 3.63) is 0 Å². The van der Waals surface area contributed by atoms with Crippen LogP contribution >= 0.6 is 43.7 Å². The summed E-state index contributed by atoms with van der Waals surface area (Å²) in [5.41, 5.74) is 0. The van der Waals surface area contributed by atoms with Gasteiger partial charge in [0, 0.05) is 0 Å². The summed E-state index contributed by atoms with van der Waals surface area (Å²) in [6, 6.07) is 0. The predicted molar refractivity (Wildman–Crippen MR) is 42.0 cm³/mol. The molecule has 2 N–H and O–H groups in total. The Kier molecular flexibility index (Phi) is 3.69. The fourth-order valence-electron chi connectivity index (χ4n) is 0.172. The van der Waals surface area contributed by atoms with Crippen LogP contribution in [0.4, 0.5) is 0 Å². The molecule has 0 bridgehead atoms. The average molecular weight is 241 g/mol. The third-order valence-corrected chi connectivity index (χ3v) is 4.11. The lowest BCUT2D eigenvalue weighted by Crippen LogP contribution is -2.25. The summed E-state index contributed by atoms with van der Waals surface area (Å²) >= 11 is 12.8. The molecule has 9 heteroatoms. The molecule has 0 aromatic carbocycles. The molecule has 0 fully saturated rings. The van der Waals surface area contributed by atoms with Crippen molar-refractivity contribution >= 4 is 49.7 Å². The minimum absolute atomic E-state index is 1.87. The number of carboxylic acid groups (broad SMARTS) is 1. The van der Waals surface area contributed by atoms with Crippen LogP contribution in [0.1, 0.15) is 0 Å². The van der Waals surface area contributed by atoms with Gasteiger partial charge in [0.15, 0.2) is 0 Å². The summed E-state index contributed by atoms with van der Waals surface area (Å²) < 4.78 is 11.4. The Hall–Kier alpha value is 0.550. The van der Waals surface area contributed by atoms with Crippen molar-refractivity contribution in [2.24, 2.45) is 0 Å². The standard InChI is InChI=1S/C2H3Cl2O5PS/c3-2(4,1(5)6)10(7,8)9-11/h11H,(H,5,6)(H,7,8). The first-order valence-corrected chi connectivity index (χ1v) is 4.73. The molecule has 0 heterocycles. The quantitative estimate of drug-likeness (QED) is 0.299. The maximum absolute atomic E-state index is 10.7. The van der Waals surface area contributed by atoms with Crippen molar-refractivity contribution in [3.8, 4) is 0 Å². The molecule has 0 amide bonds. The number of alkyl halides is 2. The molecule has 0 rings (SSSR count). The van der Waals surface area contributed by atoms with Crippen LogP contribution < -0.4 is 0 Å². The Balaban J connectivity index is 4.83. The second-order valence-electron chi connectivity index (χ2n) is 1.45. The monoisotopic (exact) mass is 240 g/mol. The largest absolute Gasteiger partial charge is 0.479 e. The highest BCUT2D eigenvalue weighted by molar-refractivity contribution is 7.82. The lowest BCUT2D eigenvalue weighted by Gasteiger charge is -2.17. The minimum atomic E-state index is -4.64. The highest BCUT2D eigenvalue weighted by atomic mass is 35.5. The average Bonchev–Trinajstić information content (AvgIpc) is 1.87. The summed E-state index contributed by atoms with van der Waals surface area (Å²) in [6.07, 6.45) is 0. The van der Waals surface area contributed by atoms with Crippen molar-refractivity contribution in [3.63, 3.8) is 0 Å². The highest BCUT2D eigenvalue weighted by Gasteiger charge is 2.53. The van der Waals surface area contributed by atoms with E-state index in [1.165, 1.54) is 0 Å². The van der Waals surface area contributed by atoms with Gasteiger partial charge in [0.05, 0.1) is 0 Å². The van der Waals surface area contributed by atoms with Gasteiger partial charge in [-0.05, 0) is 12.9 Å². The molecule has 0 aliphatic carbocycles. The van der Waals surface area contributed by atoms with Gasteiger partial charge in [-0.3, -0.25) is 4.57 Å². The van der Waals surface area contributed by atoms with Crippen LogP contribution in [-0.4, -0.2) is 20.0 Å². The number of hydrogen-bond donors (Lipinski definition) is 3. The van der Waals surface area contributed by atoms with Gasteiger partial charge in [-0.25, -0.2) is 8.76 Å². The fourth-order valence-corrected chi connectivity index (χ4v) is 1.38. The number of carbonyl (C=O) groups is 1. The zero-order valence-electron chi connectivity index (χ0n) is 4.77. The van der Waals surface area contributed by atoms with E-state index in [0.29, 0.717) is 0 Å². The molecule has 1 atom stereocenters. The fraction of sp³-hybridized carbons (Fsp3) is 0.500. The summed E-state index contributed by atoms with van der Waals surface area (Å²) in [7, 11) is -4.64. The summed E-state index contributed by atoms with van der Waals surface area (Å²) in [5.74, 6) is -1.87. The number of hydrogen-bond acceptors (Lipinski definition) is 4. The molecular weight excluding hydrogens is 238 g/mol. The maximum atomic E-state index is 10.7. The van der Waals surface area contributed by atoms with E-state index in [1.807, 2.05) is 0 Å². The lowest BCUT2D eigenvalue weighted by atomic mass is 10.8. The molecule has 0 radical (unpaired) electrons. The Labute approximate surface area is 77.4 Å². The first kappa shape index (κ1) is 11.6. The van der Waals surface area contributed by atoms with E-state index in [2.05, 4.69) is 16.9 Å². The molecule has 11 heavy (non-hydrogen) atoms. The van der Waals surface area contributed by atoms with Gasteiger partial charge in [-0.15, -0.1) is 0 Å². The van der Waals surface area contributed by atoms with E-state index >= 15 is 0 Å². The molecular formula is C2H3Cl2O5PS. The topological polar surface area (TPSA) is 83.8 Å². The van der Waals surface area contributed by atoms with E-state index in [4.69, 9.17) is 33.2 Å². The number of halogens is 2. The van der Waals surface area contributed by atoms with Gasteiger partial charge in [0.2, 0.25) is 0 Å². The Morgan fingerprint density at radius 2 is 2.00 bits per heavy atom. The number of rotatable bonds is 3. The third kappa shape index (κ3) is 2.24. The SMILES string of the molecule is O=C(O)C(Cl)(Cl)P(=O)(O)OS. The molecule has 0 aromatic heterocycles. The minimum Gasteiger partial charge on any atom is -0.479 e. The number of carboxylic acids is 1. The second-order valence-corrected chi connectivity index (χ2v) is 5.67. The normalized spacial score (nSPS) is 17.5. The predicted octanol–water partition coefficient (Wildman–Crippen LogP) is 1.25. The van der Waals surface area contributed by atoms with Crippen LogP contribution in [0.3, 0.4) is 0 Å². The maximum Gasteiger partial charge on any atom is 0.386 e. The molecule has 1 unspecified atom stereocenters. The van der Waals surface area contributed by atoms with Crippen LogP contribution in [-0.2, 0) is 13.3 Å². The van der Waals surface area contributed by atoms with Crippen LogP contribution in [0, 0.1) is 0 Å². The summed E-state index contributed by atoms with van der Waals surface area (Å²) in [4.78, 5) is 18.8. The van der Waals surface area contributed by atoms with Crippen molar-refractivity contribution in [1.29, 1.82) is 0 Å².